The van der Waals surface area contributed by atoms with Gasteiger partial charge in [0.1, 0.15) is 11.9 Å². The van der Waals surface area contributed by atoms with Crippen molar-refractivity contribution in [3.8, 4) is 0 Å². The van der Waals surface area contributed by atoms with Crippen LogP contribution in [0.2, 0.25) is 0 Å². The van der Waals surface area contributed by atoms with Gasteiger partial charge in [-0.3, -0.25) is 9.59 Å². The number of benzene rings is 1. The summed E-state index contributed by atoms with van der Waals surface area (Å²) in [7, 11) is 1.92. The Morgan fingerprint density at radius 3 is 2.58 bits per heavy atom. The largest absolute Gasteiger partial charge is 0.457 e. The number of hydrogen-bond donors (Lipinski definition) is 2. The van der Waals surface area contributed by atoms with E-state index in [4.69, 9.17) is 9.47 Å². The molecule has 2 aromatic rings. The second-order valence-electron chi connectivity index (χ2n) is 11.7. The molecule has 4 rings (SSSR count). The number of rotatable bonds is 1. The van der Waals surface area contributed by atoms with Gasteiger partial charge in [0.15, 0.2) is 0 Å². The summed E-state index contributed by atoms with van der Waals surface area (Å²) in [4.78, 5) is 30.7. The SMILES string of the molecule is CC1CCCC2(C)OC2CC(c2ccc3ncn(C)c3c2)OC(=O)CC(O)C(C)(C)C(=O)C(C)C1O. The van der Waals surface area contributed by atoms with Crippen molar-refractivity contribution in [2.45, 2.75) is 96.7 Å². The summed E-state index contributed by atoms with van der Waals surface area (Å²) >= 11 is 0. The van der Waals surface area contributed by atoms with Crippen LogP contribution in [0.15, 0.2) is 24.5 Å². The maximum atomic E-state index is 13.3. The molecule has 0 aliphatic carbocycles. The highest BCUT2D eigenvalue weighted by Crippen LogP contribution is 2.46. The lowest BCUT2D eigenvalue weighted by Gasteiger charge is -2.34. The van der Waals surface area contributed by atoms with Crippen molar-refractivity contribution in [2.75, 3.05) is 0 Å². The number of fused-ring (bicyclic) bond motifs is 2. The van der Waals surface area contributed by atoms with Crippen LogP contribution in [0.3, 0.4) is 0 Å². The molecule has 1 aromatic heterocycles. The average molecular weight is 501 g/mol. The highest BCUT2D eigenvalue weighted by Gasteiger charge is 2.53. The maximum absolute atomic E-state index is 13.3. The zero-order valence-electron chi connectivity index (χ0n) is 22.2. The number of nitrogens with zero attached hydrogens (tertiary/aromatic N) is 2. The van der Waals surface area contributed by atoms with Crippen molar-refractivity contribution in [1.82, 2.24) is 9.55 Å². The Morgan fingerprint density at radius 1 is 1.14 bits per heavy atom. The van der Waals surface area contributed by atoms with Gasteiger partial charge >= 0.3 is 5.97 Å². The number of ketones is 1. The predicted octanol–water partition coefficient (Wildman–Crippen LogP) is 3.87. The third kappa shape index (κ3) is 5.22. The van der Waals surface area contributed by atoms with Crippen molar-refractivity contribution >= 4 is 22.8 Å². The number of aliphatic hydroxyl groups is 2. The molecule has 198 valence electrons. The number of esters is 1. The van der Waals surface area contributed by atoms with Gasteiger partial charge in [0.25, 0.3) is 0 Å². The first kappa shape index (κ1) is 26.8. The van der Waals surface area contributed by atoms with Crippen LogP contribution in [0.5, 0.6) is 0 Å². The van der Waals surface area contributed by atoms with Gasteiger partial charge in [-0.1, -0.05) is 40.2 Å². The fraction of sp³-hybridized carbons (Fsp3) is 0.679. The third-order valence-corrected chi connectivity index (χ3v) is 8.53. The number of Topliss-reactive ketones (excluding diaryl/α,β-unsaturated/α-hetero) is 1. The number of aliphatic hydroxyl groups excluding tert-OH is 2. The lowest BCUT2D eigenvalue weighted by Crippen LogP contribution is -2.45. The first-order valence-corrected chi connectivity index (χ1v) is 13.0. The third-order valence-electron chi connectivity index (χ3n) is 8.53. The minimum absolute atomic E-state index is 0.0625. The first-order valence-electron chi connectivity index (χ1n) is 13.0. The molecule has 0 bridgehead atoms. The topological polar surface area (TPSA) is 114 Å². The van der Waals surface area contributed by atoms with Crippen LogP contribution in [0.1, 0.15) is 78.4 Å². The van der Waals surface area contributed by atoms with Crippen LogP contribution >= 0.6 is 0 Å². The Kier molecular flexibility index (Phi) is 7.34. The number of aromatic nitrogens is 2. The lowest BCUT2D eigenvalue weighted by atomic mass is 9.73. The van der Waals surface area contributed by atoms with Crippen LogP contribution < -0.4 is 0 Å². The summed E-state index contributed by atoms with van der Waals surface area (Å²) < 4.78 is 14.0. The second-order valence-corrected chi connectivity index (χ2v) is 11.7. The van der Waals surface area contributed by atoms with E-state index in [0.29, 0.717) is 6.42 Å². The standard InChI is InChI=1S/C28H40N2O6/c1-16-8-7-11-28(5)23(36-28)13-21(18-9-10-19-20(12-18)30(6)15-29-19)35-24(32)14-22(31)27(3,4)26(34)17(2)25(16)33/h9-10,12,15-17,21-23,25,31,33H,7-8,11,13-14H2,1-6H3. The monoisotopic (exact) mass is 500 g/mol. The van der Waals surface area contributed by atoms with Gasteiger partial charge in [-0.15, -0.1) is 0 Å². The van der Waals surface area contributed by atoms with E-state index in [1.807, 2.05) is 36.7 Å². The number of epoxide rings is 1. The van der Waals surface area contributed by atoms with Crippen LogP contribution in [0.4, 0.5) is 0 Å². The number of hydrogen-bond acceptors (Lipinski definition) is 7. The van der Waals surface area contributed by atoms with Gasteiger partial charge in [-0.05, 0) is 43.4 Å². The van der Waals surface area contributed by atoms with Gasteiger partial charge in [0.2, 0.25) is 0 Å². The van der Waals surface area contributed by atoms with Gasteiger partial charge in [-0.2, -0.15) is 0 Å². The lowest BCUT2D eigenvalue weighted by molar-refractivity contribution is -0.156. The molecule has 2 fully saturated rings. The molecule has 3 heterocycles. The molecular formula is C28H40N2O6. The van der Waals surface area contributed by atoms with E-state index in [0.717, 1.165) is 35.9 Å². The van der Waals surface area contributed by atoms with Crippen LogP contribution in [-0.4, -0.2) is 55.4 Å². The van der Waals surface area contributed by atoms with E-state index in [1.165, 1.54) is 0 Å². The van der Waals surface area contributed by atoms with Crippen molar-refractivity contribution in [3.05, 3.63) is 30.1 Å². The molecule has 2 aliphatic heterocycles. The highest BCUT2D eigenvalue weighted by molar-refractivity contribution is 5.88. The molecule has 7 unspecified atom stereocenters. The van der Waals surface area contributed by atoms with Gasteiger partial charge in [-0.25, -0.2) is 4.98 Å². The fourth-order valence-corrected chi connectivity index (χ4v) is 5.56. The molecule has 0 spiro atoms. The molecule has 2 aliphatic rings. The minimum atomic E-state index is -1.24. The average Bonchev–Trinajstić information content (AvgIpc) is 3.31. The molecule has 7 atom stereocenters. The van der Waals surface area contributed by atoms with Crippen molar-refractivity contribution < 1.29 is 29.3 Å². The first-order chi connectivity index (χ1) is 16.8. The second kappa shape index (κ2) is 9.88. The number of carbonyl (C=O) groups is 2. The Labute approximate surface area is 213 Å². The zero-order chi connectivity index (χ0) is 26.4. The molecule has 8 heteroatoms. The van der Waals surface area contributed by atoms with Crippen molar-refractivity contribution in [2.24, 2.45) is 24.3 Å². The molecule has 8 nitrogen and oxygen atoms in total. The molecule has 1 aromatic carbocycles. The number of carbonyl (C=O) groups excluding carboxylic acids is 2. The number of imidazole rings is 1. The molecule has 0 amide bonds. The van der Waals surface area contributed by atoms with Crippen LogP contribution in [-0.2, 0) is 26.1 Å². The van der Waals surface area contributed by atoms with Gasteiger partial charge in [0, 0.05) is 19.4 Å². The van der Waals surface area contributed by atoms with Crippen LogP contribution in [0, 0.1) is 17.3 Å². The molecule has 2 saturated heterocycles. The summed E-state index contributed by atoms with van der Waals surface area (Å²) in [5.74, 6) is -1.57. The normalized spacial score (nSPS) is 36.3. The number of aryl methyl sites for hydroxylation is 1. The van der Waals surface area contributed by atoms with E-state index >= 15 is 0 Å². The van der Waals surface area contributed by atoms with E-state index in [9.17, 15) is 19.8 Å². The Bertz CT molecular complexity index is 1130. The molecule has 0 saturated carbocycles. The van der Waals surface area contributed by atoms with Crippen molar-refractivity contribution in [1.29, 1.82) is 0 Å². The van der Waals surface area contributed by atoms with Crippen LogP contribution in [0.25, 0.3) is 11.0 Å². The molecule has 0 radical (unpaired) electrons. The van der Waals surface area contributed by atoms with Gasteiger partial charge < -0.3 is 24.3 Å². The minimum Gasteiger partial charge on any atom is -0.457 e. The number of cyclic esters (lactones) is 1. The summed E-state index contributed by atoms with van der Waals surface area (Å²) in [6.45, 7) is 8.98. The van der Waals surface area contributed by atoms with E-state index in [-0.39, 0.29) is 29.8 Å². The number of ether oxygens (including phenoxy) is 2. The quantitative estimate of drug-likeness (QED) is 0.451. The predicted molar refractivity (Wildman–Crippen MR) is 135 cm³/mol. The van der Waals surface area contributed by atoms with E-state index in [2.05, 4.69) is 11.9 Å². The van der Waals surface area contributed by atoms with E-state index < -0.39 is 35.6 Å². The fourth-order valence-electron chi connectivity index (χ4n) is 5.56. The van der Waals surface area contributed by atoms with Gasteiger partial charge in [0.05, 0.1) is 53.1 Å². The smallest absolute Gasteiger partial charge is 0.309 e. The Morgan fingerprint density at radius 2 is 1.86 bits per heavy atom. The Balaban J connectivity index is 1.62. The van der Waals surface area contributed by atoms with Crippen molar-refractivity contribution in [3.63, 3.8) is 0 Å². The summed E-state index contributed by atoms with van der Waals surface area (Å²) in [6.07, 6.45) is 1.69. The Hall–Kier alpha value is -2.29. The summed E-state index contributed by atoms with van der Waals surface area (Å²) in [5.41, 5.74) is 1.11. The molecule has 36 heavy (non-hydrogen) atoms. The highest BCUT2D eigenvalue weighted by atomic mass is 16.6. The summed E-state index contributed by atoms with van der Waals surface area (Å²) in [5, 5.41) is 21.8. The maximum Gasteiger partial charge on any atom is 0.309 e. The van der Waals surface area contributed by atoms with E-state index in [1.54, 1.807) is 27.1 Å². The zero-order valence-corrected chi connectivity index (χ0v) is 22.2. The molecular weight excluding hydrogens is 460 g/mol. The molecule has 2 N–H and O–H groups in total. The summed E-state index contributed by atoms with van der Waals surface area (Å²) in [6, 6.07) is 5.81.